The summed E-state index contributed by atoms with van der Waals surface area (Å²) in [6.07, 6.45) is 1.63. The minimum atomic E-state index is -1.29. The number of ether oxygens (including phenoxy) is 1. The Labute approximate surface area is 139 Å². The first kappa shape index (κ1) is 17.3. The summed E-state index contributed by atoms with van der Waals surface area (Å²) in [5, 5.41) is 2.98. The van der Waals surface area contributed by atoms with E-state index < -0.39 is 30.0 Å². The highest BCUT2D eigenvalue weighted by Gasteiger charge is 2.50. The van der Waals surface area contributed by atoms with Gasteiger partial charge in [-0.3, -0.25) is 14.5 Å². The Hall–Kier alpha value is -2.08. The highest BCUT2D eigenvalue weighted by atomic mass is 35.5. The van der Waals surface area contributed by atoms with Gasteiger partial charge in [-0.2, -0.15) is 0 Å². The van der Waals surface area contributed by atoms with E-state index in [0.29, 0.717) is 10.6 Å². The quantitative estimate of drug-likeness (QED) is 0.491. The molecule has 0 radical (unpaired) electrons. The normalized spacial score (nSPS) is 20.6. The Morgan fingerprint density at radius 1 is 1.35 bits per heavy atom. The Balaban J connectivity index is 2.14. The molecule has 6 nitrogen and oxygen atoms in total. The molecule has 7 heteroatoms. The lowest BCUT2D eigenvalue weighted by Crippen LogP contribution is -2.42. The lowest BCUT2D eigenvalue weighted by atomic mass is 9.92. The van der Waals surface area contributed by atoms with E-state index in [1.807, 2.05) is 6.92 Å². The summed E-state index contributed by atoms with van der Waals surface area (Å²) in [5.41, 5.74) is -0.805. The topological polar surface area (TPSA) is 75.7 Å². The van der Waals surface area contributed by atoms with E-state index in [1.165, 1.54) is 0 Å². The van der Waals surface area contributed by atoms with E-state index in [9.17, 15) is 14.4 Å². The van der Waals surface area contributed by atoms with Crippen LogP contribution in [-0.2, 0) is 19.9 Å². The first-order valence-electron chi connectivity index (χ1n) is 7.45. The predicted molar refractivity (Wildman–Crippen MR) is 84.9 cm³/mol. The smallest absolute Gasteiger partial charge is 0.326 e. The van der Waals surface area contributed by atoms with E-state index in [2.05, 4.69) is 5.32 Å². The summed E-state index contributed by atoms with van der Waals surface area (Å²) in [4.78, 5) is 37.3. The molecule has 23 heavy (non-hydrogen) atoms. The lowest BCUT2D eigenvalue weighted by Gasteiger charge is -2.23. The molecule has 0 saturated carbocycles. The van der Waals surface area contributed by atoms with Crippen molar-refractivity contribution in [1.82, 2.24) is 10.2 Å². The van der Waals surface area contributed by atoms with Gasteiger partial charge >= 0.3 is 12.0 Å². The summed E-state index contributed by atoms with van der Waals surface area (Å²) in [6, 6.07) is 6.14. The fraction of sp³-hybridized carbons (Fsp3) is 0.438. The van der Waals surface area contributed by atoms with Crippen molar-refractivity contribution in [2.45, 2.75) is 32.2 Å². The zero-order chi connectivity index (χ0) is 17.0. The number of esters is 1. The number of rotatable bonds is 6. The molecule has 1 aromatic carbocycles. The van der Waals surface area contributed by atoms with Crippen LogP contribution in [-0.4, -0.2) is 36.0 Å². The number of halogens is 1. The number of unbranched alkanes of at least 4 members (excludes halogenated alkanes) is 1. The highest BCUT2D eigenvalue weighted by molar-refractivity contribution is 6.32. The molecular weight excluding hydrogens is 320 g/mol. The second-order valence-electron chi connectivity index (χ2n) is 5.50. The van der Waals surface area contributed by atoms with Gasteiger partial charge in [0.1, 0.15) is 12.1 Å². The molecule has 1 atom stereocenters. The number of imide groups is 1. The molecule has 0 bridgehead atoms. The van der Waals surface area contributed by atoms with Crippen molar-refractivity contribution in [1.29, 1.82) is 0 Å². The van der Waals surface area contributed by atoms with Crippen molar-refractivity contribution in [2.75, 3.05) is 13.2 Å². The maximum atomic E-state index is 12.6. The summed E-state index contributed by atoms with van der Waals surface area (Å²) in [6.45, 7) is 3.41. The van der Waals surface area contributed by atoms with Gasteiger partial charge in [-0.05, 0) is 19.4 Å². The summed E-state index contributed by atoms with van der Waals surface area (Å²) in [7, 11) is 0. The van der Waals surface area contributed by atoms with Crippen molar-refractivity contribution in [3.8, 4) is 0 Å². The van der Waals surface area contributed by atoms with Gasteiger partial charge in [-0.25, -0.2) is 4.79 Å². The summed E-state index contributed by atoms with van der Waals surface area (Å²) >= 11 is 6.13. The van der Waals surface area contributed by atoms with Gasteiger partial charge in [-0.1, -0.05) is 43.1 Å². The number of hydrogen-bond acceptors (Lipinski definition) is 4. The number of hydrogen-bond donors (Lipinski definition) is 1. The monoisotopic (exact) mass is 338 g/mol. The molecule has 0 aromatic heterocycles. The van der Waals surface area contributed by atoms with Gasteiger partial charge < -0.3 is 10.1 Å². The standard InChI is InChI=1S/C16H19ClN2O4/c1-3-4-9-23-13(20)10-19-14(21)16(2,18-15(19)22)11-7-5-6-8-12(11)17/h5-8H,3-4,9-10H2,1-2H3,(H,18,22)/t16-/m1/s1. The lowest BCUT2D eigenvalue weighted by molar-refractivity contribution is -0.147. The van der Waals surface area contributed by atoms with Gasteiger partial charge in [0.2, 0.25) is 0 Å². The number of carbonyl (C=O) groups excluding carboxylic acids is 3. The average molecular weight is 339 g/mol. The van der Waals surface area contributed by atoms with E-state index >= 15 is 0 Å². The number of amides is 3. The van der Waals surface area contributed by atoms with Gasteiger partial charge in [0.15, 0.2) is 0 Å². The number of nitrogens with zero attached hydrogens (tertiary/aromatic N) is 1. The van der Waals surface area contributed by atoms with Crippen LogP contribution in [0.15, 0.2) is 24.3 Å². The fourth-order valence-corrected chi connectivity index (χ4v) is 2.72. The van der Waals surface area contributed by atoms with Gasteiger partial charge in [-0.15, -0.1) is 0 Å². The molecule has 2 rings (SSSR count). The predicted octanol–water partition coefficient (Wildman–Crippen LogP) is 2.45. The van der Waals surface area contributed by atoms with Crippen LogP contribution in [0.25, 0.3) is 0 Å². The van der Waals surface area contributed by atoms with Crippen LogP contribution in [0.3, 0.4) is 0 Å². The third-order valence-corrected chi connectivity index (χ3v) is 4.07. The largest absolute Gasteiger partial charge is 0.464 e. The van der Waals surface area contributed by atoms with Crippen molar-refractivity contribution in [2.24, 2.45) is 0 Å². The van der Waals surface area contributed by atoms with Crippen LogP contribution in [0.2, 0.25) is 5.02 Å². The van der Waals surface area contributed by atoms with Crippen molar-refractivity contribution < 1.29 is 19.1 Å². The molecule has 1 aromatic rings. The highest BCUT2D eigenvalue weighted by Crippen LogP contribution is 2.33. The first-order chi connectivity index (χ1) is 10.9. The molecule has 0 spiro atoms. The second kappa shape index (κ2) is 7.00. The third kappa shape index (κ3) is 3.47. The van der Waals surface area contributed by atoms with Crippen LogP contribution in [0.4, 0.5) is 4.79 Å². The molecule has 3 amide bonds. The molecule has 1 aliphatic rings. The van der Waals surface area contributed by atoms with Crippen LogP contribution < -0.4 is 5.32 Å². The van der Waals surface area contributed by atoms with Crippen molar-refractivity contribution in [3.63, 3.8) is 0 Å². The zero-order valence-corrected chi connectivity index (χ0v) is 13.9. The molecular formula is C16H19ClN2O4. The molecule has 1 heterocycles. The van der Waals surface area contributed by atoms with Crippen LogP contribution in [0.5, 0.6) is 0 Å². The first-order valence-corrected chi connectivity index (χ1v) is 7.82. The summed E-state index contributed by atoms with van der Waals surface area (Å²) in [5.74, 6) is -1.13. The molecule has 0 unspecified atom stereocenters. The van der Waals surface area contributed by atoms with Gasteiger partial charge in [0, 0.05) is 10.6 Å². The van der Waals surface area contributed by atoms with Gasteiger partial charge in [0.05, 0.1) is 6.61 Å². The Bertz CT molecular complexity index is 634. The van der Waals surface area contributed by atoms with Crippen LogP contribution in [0.1, 0.15) is 32.3 Å². The Morgan fingerprint density at radius 2 is 2.04 bits per heavy atom. The number of nitrogens with one attached hydrogen (secondary N) is 1. The Kier molecular flexibility index (Phi) is 5.26. The molecule has 1 fully saturated rings. The molecule has 124 valence electrons. The molecule has 1 N–H and O–H groups in total. The van der Waals surface area contributed by atoms with E-state index in [-0.39, 0.29) is 6.61 Å². The maximum absolute atomic E-state index is 12.6. The minimum Gasteiger partial charge on any atom is -0.464 e. The number of benzene rings is 1. The van der Waals surface area contributed by atoms with Crippen molar-refractivity contribution >= 4 is 29.5 Å². The minimum absolute atomic E-state index is 0.279. The molecule has 1 saturated heterocycles. The second-order valence-corrected chi connectivity index (χ2v) is 5.91. The van der Waals surface area contributed by atoms with Crippen LogP contribution in [0, 0.1) is 0 Å². The van der Waals surface area contributed by atoms with Crippen LogP contribution >= 0.6 is 11.6 Å². The molecule has 0 aliphatic carbocycles. The van der Waals surface area contributed by atoms with Gasteiger partial charge in [0.25, 0.3) is 5.91 Å². The van der Waals surface area contributed by atoms with Crippen molar-refractivity contribution in [3.05, 3.63) is 34.9 Å². The fourth-order valence-electron chi connectivity index (χ4n) is 2.39. The Morgan fingerprint density at radius 3 is 2.70 bits per heavy atom. The van der Waals surface area contributed by atoms with E-state index in [0.717, 1.165) is 17.7 Å². The SMILES string of the molecule is CCCCOC(=O)CN1C(=O)N[C@](C)(c2ccccc2Cl)C1=O. The average Bonchev–Trinajstić information content (AvgIpc) is 2.72. The summed E-state index contributed by atoms with van der Waals surface area (Å²) < 4.78 is 5.00. The van der Waals surface area contributed by atoms with E-state index in [1.54, 1.807) is 31.2 Å². The third-order valence-electron chi connectivity index (χ3n) is 3.74. The zero-order valence-electron chi connectivity index (χ0n) is 13.1. The molecule has 1 aliphatic heterocycles. The number of urea groups is 1. The van der Waals surface area contributed by atoms with E-state index in [4.69, 9.17) is 16.3 Å². The maximum Gasteiger partial charge on any atom is 0.326 e. The number of carbonyl (C=O) groups is 3.